The first-order chi connectivity index (χ1) is 16.1. The summed E-state index contributed by atoms with van der Waals surface area (Å²) in [6, 6.07) is 6.19. The molecule has 0 amide bonds. The van der Waals surface area contributed by atoms with Gasteiger partial charge in [0.05, 0.1) is 25.3 Å². The molecule has 0 radical (unpaired) electrons. The number of carbonyl (C=O) groups is 1. The first-order valence-corrected chi connectivity index (χ1v) is 11.6. The molecule has 3 rings (SSSR count). The topological polar surface area (TPSA) is 109 Å². The molecule has 0 fully saturated rings. The van der Waals surface area contributed by atoms with Gasteiger partial charge < -0.3 is 25.2 Å². The van der Waals surface area contributed by atoms with Crippen LogP contribution in [0.4, 0.5) is 4.39 Å². The molecule has 192 valence electrons. The van der Waals surface area contributed by atoms with Crippen molar-refractivity contribution < 1.29 is 23.8 Å². The number of nitrogens with one attached hydrogen (secondary N) is 1. The van der Waals surface area contributed by atoms with Crippen molar-refractivity contribution in [2.75, 3.05) is 26.3 Å². The Hall–Kier alpha value is -2.65. The lowest BCUT2D eigenvalue weighted by molar-refractivity contribution is 0.0962. The largest absolute Gasteiger partial charge is 0.504 e. The molecule has 1 aliphatic rings. The molecular weight excluding hydrogens is 517 g/mol. The van der Waals surface area contributed by atoms with Crippen molar-refractivity contribution in [3.8, 4) is 17.2 Å². The van der Waals surface area contributed by atoms with Crippen LogP contribution in [0, 0.1) is 11.2 Å². The maximum atomic E-state index is 14.6. The number of rotatable bonds is 10. The van der Waals surface area contributed by atoms with Gasteiger partial charge in [0.1, 0.15) is 17.4 Å². The molecule has 4 N–H and O–H groups in total. The molecule has 1 heterocycles. The number of Topliss-reactive ketones (excluding diaryl/α,β-unsaturated/α-hetero) is 1. The summed E-state index contributed by atoms with van der Waals surface area (Å²) in [6.45, 7) is 9.13. The van der Waals surface area contributed by atoms with Crippen molar-refractivity contribution in [3.05, 3.63) is 52.3 Å². The Morgan fingerprint density at radius 2 is 1.91 bits per heavy atom. The molecule has 0 saturated heterocycles. The minimum absolute atomic E-state index is 0. The Balaban J connectivity index is 0.00000432. The number of aromatic hydroxyl groups is 1. The number of hydrogen-bond acceptors (Lipinski definition) is 6. The number of benzene rings is 2. The number of nitrogens with zero attached hydrogens (tertiary/aromatic N) is 1. The van der Waals surface area contributed by atoms with Crippen LogP contribution in [0.5, 0.6) is 17.2 Å². The number of carbonyl (C=O) groups excluding carboxylic acids is 1. The Morgan fingerprint density at radius 1 is 1.20 bits per heavy atom. The monoisotopic (exact) mass is 551 g/mol. The second-order valence-corrected chi connectivity index (χ2v) is 9.46. The van der Waals surface area contributed by atoms with Crippen LogP contribution in [0.2, 0.25) is 0 Å². The minimum Gasteiger partial charge on any atom is -0.504 e. The van der Waals surface area contributed by atoms with E-state index in [1.807, 2.05) is 27.7 Å². The summed E-state index contributed by atoms with van der Waals surface area (Å²) in [4.78, 5) is 14.8. The van der Waals surface area contributed by atoms with Crippen LogP contribution < -0.4 is 15.2 Å². The van der Waals surface area contributed by atoms with Crippen molar-refractivity contribution in [1.29, 1.82) is 5.41 Å². The van der Waals surface area contributed by atoms with Gasteiger partial charge in [0.15, 0.2) is 17.3 Å². The molecule has 0 bridgehead atoms. The highest BCUT2D eigenvalue weighted by Crippen LogP contribution is 2.39. The van der Waals surface area contributed by atoms with Gasteiger partial charge in [0.2, 0.25) is 0 Å². The lowest BCUT2D eigenvalue weighted by Gasteiger charge is -2.24. The van der Waals surface area contributed by atoms with E-state index in [4.69, 9.17) is 20.6 Å². The number of fused-ring (bicyclic) bond motifs is 1. The number of phenolic OH excluding ortho intramolecular Hbond substituents is 1. The predicted octanol–water partition coefficient (Wildman–Crippen LogP) is 4.95. The van der Waals surface area contributed by atoms with Crippen LogP contribution in [0.25, 0.3) is 0 Å². The molecule has 7 nitrogen and oxygen atoms in total. The van der Waals surface area contributed by atoms with E-state index in [0.717, 1.165) is 12.8 Å². The van der Waals surface area contributed by atoms with E-state index in [1.165, 1.54) is 17.0 Å². The number of ether oxygens (including phenoxy) is 2. The van der Waals surface area contributed by atoms with Gasteiger partial charge in [-0.2, -0.15) is 0 Å². The Labute approximate surface area is 216 Å². The Kier molecular flexibility index (Phi) is 9.68. The molecule has 2 aromatic carbocycles. The normalized spacial score (nSPS) is 12.9. The molecule has 0 saturated carbocycles. The molecular formula is C26H35BrFN3O4. The van der Waals surface area contributed by atoms with E-state index in [9.17, 15) is 14.3 Å². The summed E-state index contributed by atoms with van der Waals surface area (Å²) in [5, 5.41) is 19.2. The third kappa shape index (κ3) is 6.52. The fourth-order valence-corrected chi connectivity index (χ4v) is 4.00. The average Bonchev–Trinajstić information content (AvgIpc) is 3.07. The smallest absolute Gasteiger partial charge is 0.182 e. The van der Waals surface area contributed by atoms with Gasteiger partial charge in [-0.1, -0.05) is 20.8 Å². The maximum Gasteiger partial charge on any atom is 0.182 e. The number of halogens is 2. The number of nitrogens with two attached hydrogens (primary N) is 1. The van der Waals surface area contributed by atoms with E-state index < -0.39 is 11.2 Å². The zero-order chi connectivity index (χ0) is 25.0. The molecule has 9 heteroatoms. The fourth-order valence-electron chi connectivity index (χ4n) is 4.00. The van der Waals surface area contributed by atoms with Gasteiger partial charge in [0, 0.05) is 23.7 Å². The van der Waals surface area contributed by atoms with Crippen LogP contribution >= 0.6 is 17.0 Å². The van der Waals surface area contributed by atoms with E-state index in [0.29, 0.717) is 42.2 Å². The quantitative estimate of drug-likeness (QED) is 0.285. The van der Waals surface area contributed by atoms with Crippen molar-refractivity contribution in [2.45, 2.75) is 52.5 Å². The molecule has 0 unspecified atom stereocenters. The Morgan fingerprint density at radius 3 is 2.54 bits per heavy atom. The fraction of sp³-hybridized carbons (Fsp3) is 0.462. The molecule has 0 aliphatic carbocycles. The van der Waals surface area contributed by atoms with Gasteiger partial charge in [0.25, 0.3) is 0 Å². The average molecular weight is 552 g/mol. The van der Waals surface area contributed by atoms with Crippen LogP contribution in [0.1, 0.15) is 67.6 Å². The summed E-state index contributed by atoms with van der Waals surface area (Å²) in [5.41, 5.74) is 6.89. The van der Waals surface area contributed by atoms with Gasteiger partial charge in [-0.15, -0.1) is 17.0 Å². The van der Waals surface area contributed by atoms with E-state index in [-0.39, 0.29) is 58.8 Å². The standard InChI is InChI=1S/C26H34FN3O4.BrH/c1-5-33-18-10-17-14-30(25(29)23(17)20(27)13-18)15-21(31)16-11-19(26(2,3)4)24(32)22(12-16)34-9-7-6-8-28;/h10-13,29,32H,5-9,14-15,28H2,1-4H3;1H. The number of hydrogen-bond donors (Lipinski definition) is 3. The van der Waals surface area contributed by atoms with Gasteiger partial charge in [-0.3, -0.25) is 10.2 Å². The highest BCUT2D eigenvalue weighted by Gasteiger charge is 2.31. The number of ketones is 1. The van der Waals surface area contributed by atoms with Crippen LogP contribution in [-0.4, -0.2) is 47.9 Å². The van der Waals surface area contributed by atoms with Gasteiger partial charge in [-0.25, -0.2) is 4.39 Å². The summed E-state index contributed by atoms with van der Waals surface area (Å²) in [7, 11) is 0. The molecule has 2 aromatic rings. The SMILES string of the molecule is Br.CCOc1cc(F)c2c(c1)CN(CC(=O)c1cc(OCCCCN)c(O)c(C(C)(C)C)c1)C2=N. The molecule has 0 atom stereocenters. The lowest BCUT2D eigenvalue weighted by atomic mass is 9.84. The van der Waals surface area contributed by atoms with E-state index in [2.05, 4.69) is 0 Å². The molecule has 35 heavy (non-hydrogen) atoms. The predicted molar refractivity (Wildman–Crippen MR) is 140 cm³/mol. The van der Waals surface area contributed by atoms with Crippen molar-refractivity contribution in [3.63, 3.8) is 0 Å². The highest BCUT2D eigenvalue weighted by molar-refractivity contribution is 8.93. The number of amidine groups is 1. The van der Waals surface area contributed by atoms with Gasteiger partial charge in [-0.05, 0) is 55.5 Å². The first-order valence-electron chi connectivity index (χ1n) is 11.6. The minimum atomic E-state index is -0.534. The lowest BCUT2D eigenvalue weighted by Crippen LogP contribution is -2.30. The second kappa shape index (κ2) is 11.9. The summed E-state index contributed by atoms with van der Waals surface area (Å²) >= 11 is 0. The van der Waals surface area contributed by atoms with Crippen LogP contribution in [0.15, 0.2) is 24.3 Å². The zero-order valence-electron chi connectivity index (χ0n) is 20.7. The van der Waals surface area contributed by atoms with Crippen LogP contribution in [0.3, 0.4) is 0 Å². The third-order valence-electron chi connectivity index (χ3n) is 5.77. The van der Waals surface area contributed by atoms with E-state index >= 15 is 0 Å². The first kappa shape index (κ1) is 28.6. The van der Waals surface area contributed by atoms with Crippen molar-refractivity contribution in [2.24, 2.45) is 5.73 Å². The highest BCUT2D eigenvalue weighted by atomic mass is 79.9. The Bertz CT molecular complexity index is 1090. The number of unbranched alkanes of at least 4 members (excludes halogenated alkanes) is 1. The molecule has 0 aromatic heterocycles. The maximum absolute atomic E-state index is 14.6. The number of phenols is 1. The van der Waals surface area contributed by atoms with Crippen LogP contribution in [-0.2, 0) is 12.0 Å². The molecule has 0 spiro atoms. The van der Waals surface area contributed by atoms with Crippen molar-refractivity contribution in [1.82, 2.24) is 4.90 Å². The van der Waals surface area contributed by atoms with Gasteiger partial charge >= 0.3 is 0 Å². The summed E-state index contributed by atoms with van der Waals surface area (Å²) in [6.07, 6.45) is 1.53. The summed E-state index contributed by atoms with van der Waals surface area (Å²) in [5.74, 6) is -0.140. The summed E-state index contributed by atoms with van der Waals surface area (Å²) < 4.78 is 25.8. The molecule has 1 aliphatic heterocycles. The second-order valence-electron chi connectivity index (χ2n) is 9.46. The zero-order valence-corrected chi connectivity index (χ0v) is 22.5. The van der Waals surface area contributed by atoms with E-state index in [1.54, 1.807) is 12.1 Å². The van der Waals surface area contributed by atoms with Crippen molar-refractivity contribution >= 4 is 28.6 Å². The third-order valence-corrected chi connectivity index (χ3v) is 5.77.